The number of hydrogen-bond donors (Lipinski definition) is 3. The second kappa shape index (κ2) is 11.4. The van der Waals surface area contributed by atoms with Crippen molar-refractivity contribution in [1.29, 1.82) is 0 Å². The highest BCUT2D eigenvalue weighted by atomic mass is 16.5. The van der Waals surface area contributed by atoms with Gasteiger partial charge in [0.2, 0.25) is 5.91 Å². The summed E-state index contributed by atoms with van der Waals surface area (Å²) < 4.78 is 16.5. The van der Waals surface area contributed by atoms with E-state index in [1.807, 2.05) is 31.2 Å². The number of benzene rings is 1. The zero-order valence-electron chi connectivity index (χ0n) is 22.3. The minimum absolute atomic E-state index is 0.0506. The lowest BCUT2D eigenvalue weighted by Crippen LogP contribution is -2.44. The van der Waals surface area contributed by atoms with E-state index in [0.717, 1.165) is 59.5 Å². The molecule has 0 radical (unpaired) electrons. The zero-order valence-corrected chi connectivity index (χ0v) is 22.3. The van der Waals surface area contributed by atoms with Crippen molar-refractivity contribution in [2.75, 3.05) is 27.4 Å². The van der Waals surface area contributed by atoms with Crippen molar-refractivity contribution in [2.24, 2.45) is 5.92 Å². The van der Waals surface area contributed by atoms with Crippen molar-refractivity contribution in [3.8, 4) is 22.6 Å². The van der Waals surface area contributed by atoms with Crippen molar-refractivity contribution in [1.82, 2.24) is 20.6 Å². The Hall–Kier alpha value is -3.59. The van der Waals surface area contributed by atoms with E-state index in [1.165, 1.54) is 20.0 Å². The van der Waals surface area contributed by atoms with E-state index in [9.17, 15) is 9.59 Å². The average Bonchev–Trinajstić information content (AvgIpc) is 3.68. The van der Waals surface area contributed by atoms with Gasteiger partial charge >= 0.3 is 0 Å². The van der Waals surface area contributed by atoms with Crippen LogP contribution < -0.4 is 20.1 Å². The number of ether oxygens (including phenoxy) is 3. The van der Waals surface area contributed by atoms with Gasteiger partial charge in [-0.2, -0.15) is 0 Å². The lowest BCUT2D eigenvalue weighted by Gasteiger charge is -2.29. The van der Waals surface area contributed by atoms with Crippen LogP contribution in [0.25, 0.3) is 22.2 Å². The van der Waals surface area contributed by atoms with Crippen LogP contribution in [0.1, 0.15) is 54.6 Å². The molecule has 0 aliphatic heterocycles. The average molecular weight is 521 g/mol. The summed E-state index contributed by atoms with van der Waals surface area (Å²) >= 11 is 0. The molecule has 9 nitrogen and oxygen atoms in total. The topological polar surface area (TPSA) is 115 Å². The number of carbonyl (C=O) groups excluding carboxylic acids is 2. The van der Waals surface area contributed by atoms with E-state index in [0.29, 0.717) is 23.6 Å². The fourth-order valence-corrected chi connectivity index (χ4v) is 5.21. The third-order valence-electron chi connectivity index (χ3n) is 7.46. The smallest absolute Gasteiger partial charge is 0.255 e. The first kappa shape index (κ1) is 26.0. The Morgan fingerprint density at radius 3 is 2.42 bits per heavy atom. The van der Waals surface area contributed by atoms with Crippen LogP contribution in [0.15, 0.2) is 30.5 Å². The number of hydrogen-bond acceptors (Lipinski definition) is 6. The van der Waals surface area contributed by atoms with Crippen LogP contribution in [0.3, 0.4) is 0 Å². The Morgan fingerprint density at radius 2 is 1.74 bits per heavy atom. The Bertz CT molecular complexity index is 1310. The van der Waals surface area contributed by atoms with E-state index in [-0.39, 0.29) is 30.5 Å². The summed E-state index contributed by atoms with van der Waals surface area (Å²) in [6.45, 7) is 2.65. The number of methoxy groups -OCH3 is 2. The van der Waals surface area contributed by atoms with Gasteiger partial charge in [0, 0.05) is 48.3 Å². The monoisotopic (exact) mass is 520 g/mol. The van der Waals surface area contributed by atoms with E-state index in [4.69, 9.17) is 14.2 Å². The third-order valence-corrected chi connectivity index (χ3v) is 7.46. The van der Waals surface area contributed by atoms with Gasteiger partial charge in [0.25, 0.3) is 5.91 Å². The molecule has 202 valence electrons. The van der Waals surface area contributed by atoms with Gasteiger partial charge in [-0.15, -0.1) is 0 Å². The Balaban J connectivity index is 1.34. The van der Waals surface area contributed by atoms with Crippen LogP contribution in [0.2, 0.25) is 0 Å². The number of nitrogens with zero attached hydrogens (tertiary/aromatic N) is 1. The molecule has 5 rings (SSSR count). The maximum atomic E-state index is 13.4. The molecule has 2 heterocycles. The number of nitrogens with one attached hydrogen (secondary N) is 3. The largest absolute Gasteiger partial charge is 0.497 e. The first-order chi connectivity index (χ1) is 18.5. The van der Waals surface area contributed by atoms with E-state index < -0.39 is 0 Å². The molecule has 3 aromatic rings. The second-order valence-corrected chi connectivity index (χ2v) is 10.3. The number of fused-ring (bicyclic) bond motifs is 1. The van der Waals surface area contributed by atoms with Gasteiger partial charge < -0.3 is 29.8 Å². The van der Waals surface area contributed by atoms with Crippen molar-refractivity contribution in [2.45, 2.75) is 57.5 Å². The SMILES string of the molecule is COCC(=O)N[C@H]1CC[C@H](NC(=O)c2c(C)[nH]c3c(-c4ccc(OC)cc4OCC4CC4)ccnc23)CC1. The lowest BCUT2D eigenvalue weighted by atomic mass is 9.91. The summed E-state index contributed by atoms with van der Waals surface area (Å²) in [7, 11) is 3.16. The highest BCUT2D eigenvalue weighted by Crippen LogP contribution is 2.39. The summed E-state index contributed by atoms with van der Waals surface area (Å²) in [5.41, 5.74) is 4.64. The van der Waals surface area contributed by atoms with E-state index in [2.05, 4.69) is 20.6 Å². The summed E-state index contributed by atoms with van der Waals surface area (Å²) in [5, 5.41) is 6.20. The molecular weight excluding hydrogens is 484 g/mol. The van der Waals surface area contributed by atoms with E-state index in [1.54, 1.807) is 13.3 Å². The number of aromatic nitrogens is 2. The molecule has 0 saturated heterocycles. The van der Waals surface area contributed by atoms with Gasteiger partial charge in [0.1, 0.15) is 23.6 Å². The van der Waals surface area contributed by atoms with Gasteiger partial charge in [-0.05, 0) is 69.6 Å². The Kier molecular flexibility index (Phi) is 7.83. The van der Waals surface area contributed by atoms with Crippen LogP contribution in [-0.2, 0) is 9.53 Å². The van der Waals surface area contributed by atoms with Gasteiger partial charge in [0.05, 0.1) is 24.8 Å². The maximum absolute atomic E-state index is 13.4. The number of amides is 2. The lowest BCUT2D eigenvalue weighted by molar-refractivity contribution is -0.125. The normalized spacial score (nSPS) is 19.2. The fraction of sp³-hybridized carbons (Fsp3) is 0.483. The molecule has 2 aliphatic carbocycles. The Morgan fingerprint density at radius 1 is 1.00 bits per heavy atom. The third kappa shape index (κ3) is 5.78. The van der Waals surface area contributed by atoms with Crippen molar-refractivity contribution >= 4 is 22.8 Å². The highest BCUT2D eigenvalue weighted by molar-refractivity contribution is 6.09. The highest BCUT2D eigenvalue weighted by Gasteiger charge is 2.27. The van der Waals surface area contributed by atoms with Gasteiger partial charge in [-0.1, -0.05) is 0 Å². The molecule has 0 spiro atoms. The predicted molar refractivity (Wildman–Crippen MR) is 145 cm³/mol. The first-order valence-corrected chi connectivity index (χ1v) is 13.3. The summed E-state index contributed by atoms with van der Waals surface area (Å²) in [6, 6.07) is 7.95. The fourth-order valence-electron chi connectivity index (χ4n) is 5.21. The van der Waals surface area contributed by atoms with Crippen LogP contribution in [0, 0.1) is 12.8 Å². The number of aromatic amines is 1. The minimum atomic E-state index is -0.134. The molecule has 3 N–H and O–H groups in total. The number of H-pyrrole nitrogens is 1. The Labute approximate surface area is 222 Å². The van der Waals surface area contributed by atoms with Crippen molar-refractivity contribution in [3.05, 3.63) is 41.7 Å². The molecule has 2 saturated carbocycles. The van der Waals surface area contributed by atoms with Crippen molar-refractivity contribution in [3.63, 3.8) is 0 Å². The summed E-state index contributed by atoms with van der Waals surface area (Å²) in [6.07, 6.45) is 7.39. The van der Waals surface area contributed by atoms with Gasteiger partial charge in [-0.3, -0.25) is 14.6 Å². The molecule has 2 aliphatic rings. The van der Waals surface area contributed by atoms with Crippen LogP contribution >= 0.6 is 0 Å². The van der Waals surface area contributed by atoms with Gasteiger partial charge in [0.15, 0.2) is 0 Å². The molecule has 1 aromatic carbocycles. The number of pyridine rings is 1. The molecule has 38 heavy (non-hydrogen) atoms. The predicted octanol–water partition coefficient (Wildman–Crippen LogP) is 4.14. The molecule has 0 atom stereocenters. The van der Waals surface area contributed by atoms with E-state index >= 15 is 0 Å². The molecular formula is C29H36N4O5. The number of rotatable bonds is 10. The number of aryl methyl sites for hydroxylation is 1. The van der Waals surface area contributed by atoms with Gasteiger partial charge in [-0.25, -0.2) is 0 Å². The molecule has 9 heteroatoms. The summed E-state index contributed by atoms with van der Waals surface area (Å²) in [5.74, 6) is 1.88. The quantitative estimate of drug-likeness (QED) is 0.370. The van der Waals surface area contributed by atoms with Crippen LogP contribution in [0.4, 0.5) is 0 Å². The second-order valence-electron chi connectivity index (χ2n) is 10.3. The maximum Gasteiger partial charge on any atom is 0.255 e. The molecule has 0 bridgehead atoms. The van der Waals surface area contributed by atoms with Crippen LogP contribution in [-0.4, -0.2) is 61.3 Å². The number of carbonyl (C=O) groups is 2. The summed E-state index contributed by atoms with van der Waals surface area (Å²) in [4.78, 5) is 33.3. The van der Waals surface area contributed by atoms with Crippen LogP contribution in [0.5, 0.6) is 11.5 Å². The molecule has 2 amide bonds. The zero-order chi connectivity index (χ0) is 26.6. The van der Waals surface area contributed by atoms with Crippen molar-refractivity contribution < 1.29 is 23.8 Å². The molecule has 0 unspecified atom stereocenters. The first-order valence-electron chi connectivity index (χ1n) is 13.3. The minimum Gasteiger partial charge on any atom is -0.497 e. The standard InChI is InChI=1S/C29H36N4O5/c1-17-26(29(35)33-20-8-6-19(7-9-20)32-25(34)16-36-2)28-27(31-17)23(12-13-30-28)22-11-10-21(37-3)14-24(22)38-15-18-4-5-18/h10-14,18-20,31H,4-9,15-16H2,1-3H3,(H,32,34)(H,33,35)/t19-,20-. The molecule has 2 fully saturated rings. The molecule has 2 aromatic heterocycles.